The molecule has 2 aromatic rings. The van der Waals surface area contributed by atoms with Crippen molar-refractivity contribution in [2.24, 2.45) is 0 Å². The van der Waals surface area contributed by atoms with E-state index in [1.54, 1.807) is 12.1 Å². The second kappa shape index (κ2) is 7.86. The third kappa shape index (κ3) is 3.19. The molecule has 1 fully saturated rings. The Morgan fingerprint density at radius 3 is 2.23 bits per heavy atom. The number of rotatable bonds is 6. The van der Waals surface area contributed by atoms with E-state index in [2.05, 4.69) is 4.98 Å². The number of aromatic nitrogens is 1. The number of carbonyl (C=O) groups excluding carboxylic acids is 3. The predicted molar refractivity (Wildman–Crippen MR) is 111 cm³/mol. The maximum absolute atomic E-state index is 12.5. The van der Waals surface area contributed by atoms with E-state index in [9.17, 15) is 29.7 Å². The molecule has 30 heavy (non-hydrogen) atoms. The summed E-state index contributed by atoms with van der Waals surface area (Å²) in [6, 6.07) is 7.04. The molecule has 3 N–H and O–H groups in total. The first-order chi connectivity index (χ1) is 14.0. The fourth-order valence-electron chi connectivity index (χ4n) is 3.51. The van der Waals surface area contributed by atoms with Crippen molar-refractivity contribution in [1.29, 1.82) is 0 Å². The summed E-state index contributed by atoms with van der Waals surface area (Å²) < 4.78 is 5.72. The van der Waals surface area contributed by atoms with Crippen molar-refractivity contribution in [1.82, 2.24) is 4.98 Å². The van der Waals surface area contributed by atoms with Crippen LogP contribution in [0.4, 0.5) is 0 Å². The topological polar surface area (TPSA) is 134 Å². The summed E-state index contributed by atoms with van der Waals surface area (Å²) >= 11 is 2.25. The molecule has 10 heteroatoms. The SMILES string of the molecule is CC(=O)[C@]1(O)[C@@](O)(C(C)=O)CS[C@H](Oc2ccc(-c3cccs3)nc2)[C@@]1(O)C(C)=O. The van der Waals surface area contributed by atoms with E-state index in [0.29, 0.717) is 5.69 Å². The van der Waals surface area contributed by atoms with Crippen LogP contribution in [0.25, 0.3) is 10.6 Å². The maximum Gasteiger partial charge on any atom is 0.208 e. The number of Topliss-reactive ketones (excluding diaryl/α,β-unsaturated/α-hetero) is 3. The Morgan fingerprint density at radius 2 is 1.77 bits per heavy atom. The summed E-state index contributed by atoms with van der Waals surface area (Å²) in [5.41, 5.74) is -9.41. The van der Waals surface area contributed by atoms with Crippen molar-refractivity contribution >= 4 is 40.4 Å². The summed E-state index contributed by atoms with van der Waals surface area (Å²) in [6.07, 6.45) is 1.38. The number of thiophene rings is 1. The molecule has 1 saturated heterocycles. The molecule has 0 spiro atoms. The predicted octanol–water partition coefficient (Wildman–Crippen LogP) is 1.22. The van der Waals surface area contributed by atoms with Crippen molar-refractivity contribution in [3.63, 3.8) is 0 Å². The Hall–Kier alpha value is -2.11. The molecule has 0 aliphatic carbocycles. The average molecular weight is 452 g/mol. The largest absolute Gasteiger partial charge is 0.474 e. The Balaban J connectivity index is 2.00. The second-order valence-electron chi connectivity index (χ2n) is 7.12. The molecule has 8 nitrogen and oxygen atoms in total. The van der Waals surface area contributed by atoms with Gasteiger partial charge in [0.2, 0.25) is 5.60 Å². The van der Waals surface area contributed by atoms with Gasteiger partial charge < -0.3 is 20.1 Å². The fourth-order valence-corrected chi connectivity index (χ4v) is 5.77. The normalized spacial score (nSPS) is 31.2. The standard InChI is InChI=1S/C20H21NO7S2/c1-11(22)18(25)10-30-17(19(26,12(2)23)20(18,27)13(3)24)28-14-6-7-15(21-9-14)16-5-4-8-29-16/h4-9,17,25-27H,10H2,1-3H3/t17-,18-,19-,20-/m0/s1. The molecular formula is C20H21NO7S2. The van der Waals surface area contributed by atoms with Crippen LogP contribution in [0.15, 0.2) is 35.8 Å². The van der Waals surface area contributed by atoms with Gasteiger partial charge in [0, 0.05) is 5.75 Å². The highest BCUT2D eigenvalue weighted by molar-refractivity contribution is 8.00. The molecule has 0 unspecified atom stereocenters. The third-order valence-corrected chi connectivity index (χ3v) is 7.53. The highest BCUT2D eigenvalue weighted by Gasteiger charge is 2.75. The van der Waals surface area contributed by atoms with E-state index in [1.807, 2.05) is 17.5 Å². The maximum atomic E-state index is 12.5. The quantitative estimate of drug-likeness (QED) is 0.593. The van der Waals surface area contributed by atoms with Gasteiger partial charge in [0.25, 0.3) is 0 Å². The van der Waals surface area contributed by atoms with Crippen LogP contribution in [-0.4, -0.2) is 65.6 Å². The molecule has 1 aliphatic rings. The van der Waals surface area contributed by atoms with Gasteiger partial charge in [-0.1, -0.05) is 6.07 Å². The van der Waals surface area contributed by atoms with E-state index in [4.69, 9.17) is 4.74 Å². The zero-order valence-electron chi connectivity index (χ0n) is 16.5. The minimum absolute atomic E-state index is 0.173. The first-order valence-corrected chi connectivity index (χ1v) is 10.9. The summed E-state index contributed by atoms with van der Waals surface area (Å²) in [4.78, 5) is 42.2. The van der Waals surface area contributed by atoms with Crippen molar-refractivity contribution in [3.8, 4) is 16.3 Å². The van der Waals surface area contributed by atoms with Crippen molar-refractivity contribution in [3.05, 3.63) is 35.8 Å². The number of ether oxygens (including phenoxy) is 1. The lowest BCUT2D eigenvalue weighted by molar-refractivity contribution is -0.236. The third-order valence-electron chi connectivity index (χ3n) is 5.32. The first kappa shape index (κ1) is 22.6. The number of hydrogen-bond acceptors (Lipinski definition) is 10. The molecule has 2 aromatic heterocycles. The van der Waals surface area contributed by atoms with Gasteiger partial charge in [-0.05, 0) is 44.4 Å². The molecule has 3 rings (SSSR count). The number of aliphatic hydroxyl groups is 3. The number of thioether (sulfide) groups is 1. The van der Waals surface area contributed by atoms with Crippen LogP contribution in [0.3, 0.4) is 0 Å². The van der Waals surface area contributed by atoms with Crippen LogP contribution < -0.4 is 4.74 Å². The van der Waals surface area contributed by atoms with Crippen molar-refractivity contribution in [2.75, 3.05) is 5.75 Å². The van der Waals surface area contributed by atoms with E-state index >= 15 is 0 Å². The number of ketones is 3. The van der Waals surface area contributed by atoms with Crippen LogP contribution in [0.2, 0.25) is 0 Å². The summed E-state index contributed by atoms with van der Waals surface area (Å²) in [6.45, 7) is 2.82. The Kier molecular flexibility index (Phi) is 5.91. The lowest BCUT2D eigenvalue weighted by Crippen LogP contribution is -2.82. The monoisotopic (exact) mass is 451 g/mol. The zero-order valence-corrected chi connectivity index (χ0v) is 18.1. The molecular weight excluding hydrogens is 430 g/mol. The zero-order chi connectivity index (χ0) is 22.3. The van der Waals surface area contributed by atoms with Gasteiger partial charge >= 0.3 is 0 Å². The van der Waals surface area contributed by atoms with Crippen molar-refractivity contribution < 1.29 is 34.4 Å². The van der Waals surface area contributed by atoms with Gasteiger partial charge in [0.05, 0.1) is 16.8 Å². The first-order valence-electron chi connectivity index (χ1n) is 8.97. The van der Waals surface area contributed by atoms with E-state index in [1.165, 1.54) is 17.5 Å². The minimum Gasteiger partial charge on any atom is -0.474 e. The van der Waals surface area contributed by atoms with Crippen LogP contribution in [0.5, 0.6) is 5.75 Å². The van der Waals surface area contributed by atoms with E-state index in [-0.39, 0.29) is 5.75 Å². The van der Waals surface area contributed by atoms with Crippen LogP contribution >= 0.6 is 23.1 Å². The molecule has 0 bridgehead atoms. The number of pyridine rings is 1. The molecule has 4 atom stereocenters. The number of nitrogens with zero attached hydrogens (tertiary/aromatic N) is 1. The highest BCUT2D eigenvalue weighted by Crippen LogP contribution is 2.49. The van der Waals surface area contributed by atoms with Gasteiger partial charge in [0.1, 0.15) is 5.75 Å². The average Bonchev–Trinajstić information content (AvgIpc) is 3.23. The Labute approximate surface area is 180 Å². The second-order valence-corrected chi connectivity index (χ2v) is 9.12. The molecule has 1 aliphatic heterocycles. The van der Waals surface area contributed by atoms with Crippen LogP contribution in [0, 0.1) is 0 Å². The molecule has 3 heterocycles. The van der Waals surface area contributed by atoms with Gasteiger partial charge in [-0.3, -0.25) is 19.4 Å². The number of hydrogen-bond donors (Lipinski definition) is 3. The van der Waals surface area contributed by atoms with E-state index in [0.717, 1.165) is 37.4 Å². The van der Waals surface area contributed by atoms with Gasteiger partial charge in [-0.2, -0.15) is 0 Å². The smallest absolute Gasteiger partial charge is 0.208 e. The minimum atomic E-state index is -3.09. The lowest BCUT2D eigenvalue weighted by atomic mass is 9.65. The molecule has 0 amide bonds. The number of carbonyl (C=O) groups is 3. The van der Waals surface area contributed by atoms with Gasteiger partial charge in [-0.25, -0.2) is 0 Å². The molecule has 0 aromatic carbocycles. The molecule has 0 radical (unpaired) electrons. The summed E-state index contributed by atoms with van der Waals surface area (Å²) in [5, 5.41) is 35.1. The summed E-state index contributed by atoms with van der Waals surface area (Å²) in [5.74, 6) is -3.39. The van der Waals surface area contributed by atoms with Crippen LogP contribution in [0.1, 0.15) is 20.8 Å². The summed E-state index contributed by atoms with van der Waals surface area (Å²) in [7, 11) is 0. The molecule has 0 saturated carbocycles. The Morgan fingerprint density at radius 1 is 1.07 bits per heavy atom. The van der Waals surface area contributed by atoms with Gasteiger partial charge in [-0.15, -0.1) is 23.1 Å². The van der Waals surface area contributed by atoms with E-state index < -0.39 is 45.3 Å². The fraction of sp³-hybridized carbons (Fsp3) is 0.400. The highest BCUT2D eigenvalue weighted by atomic mass is 32.2. The van der Waals surface area contributed by atoms with Gasteiger partial charge in [0.15, 0.2) is 34.0 Å². The molecule has 160 valence electrons. The van der Waals surface area contributed by atoms with Crippen molar-refractivity contribution in [2.45, 2.75) is 43.0 Å². The lowest BCUT2D eigenvalue weighted by Gasteiger charge is -2.54. The van der Waals surface area contributed by atoms with Crippen LogP contribution in [-0.2, 0) is 14.4 Å². The Bertz CT molecular complexity index is 978.